The van der Waals surface area contributed by atoms with Gasteiger partial charge in [-0.15, -0.1) is 0 Å². The van der Waals surface area contributed by atoms with Crippen LogP contribution < -0.4 is 9.47 Å². The van der Waals surface area contributed by atoms with E-state index >= 15 is 0 Å². The van der Waals surface area contributed by atoms with E-state index in [9.17, 15) is 19.7 Å². The van der Waals surface area contributed by atoms with Crippen LogP contribution in [-0.2, 0) is 6.61 Å². The fourth-order valence-electron chi connectivity index (χ4n) is 3.45. The molecule has 7 nitrogen and oxygen atoms in total. The van der Waals surface area contributed by atoms with Gasteiger partial charge in [0, 0.05) is 23.3 Å². The number of nitro groups is 1. The predicted octanol–water partition coefficient (Wildman–Crippen LogP) is 5.04. The lowest BCUT2D eigenvalue weighted by atomic mass is 10.1. The third kappa shape index (κ3) is 4.13. The summed E-state index contributed by atoms with van der Waals surface area (Å²) in [5, 5.41) is 10.8. The zero-order valence-corrected chi connectivity index (χ0v) is 17.2. The average molecular weight is 429 g/mol. The van der Waals surface area contributed by atoms with Gasteiger partial charge in [-0.3, -0.25) is 19.7 Å². The SMILES string of the molecule is CCOc1cc(C=C2C(=O)c3ccccc3C2=O)ccc1OCc1ccc([N+](=O)[O-])cc1. The van der Waals surface area contributed by atoms with Crippen molar-refractivity contribution < 1.29 is 24.0 Å². The van der Waals surface area contributed by atoms with Crippen LogP contribution in [0.25, 0.3) is 6.08 Å². The van der Waals surface area contributed by atoms with Gasteiger partial charge in [0.1, 0.15) is 6.61 Å². The highest BCUT2D eigenvalue weighted by atomic mass is 16.6. The average Bonchev–Trinajstić information content (AvgIpc) is 3.04. The highest BCUT2D eigenvalue weighted by Gasteiger charge is 2.32. The maximum absolute atomic E-state index is 12.6. The Labute approximate surface area is 184 Å². The topological polar surface area (TPSA) is 95.7 Å². The molecule has 32 heavy (non-hydrogen) atoms. The van der Waals surface area contributed by atoms with Crippen molar-refractivity contribution in [1.29, 1.82) is 0 Å². The number of allylic oxidation sites excluding steroid dienone is 1. The minimum atomic E-state index is -0.455. The standard InChI is InChI=1S/C25H19NO6/c1-2-31-23-14-17(13-21-24(27)19-5-3-4-6-20(19)25(21)28)9-12-22(23)32-15-16-7-10-18(11-8-16)26(29)30/h3-14H,2,15H2,1H3. The molecule has 4 rings (SSSR count). The zero-order valence-electron chi connectivity index (χ0n) is 17.2. The molecule has 0 aromatic heterocycles. The normalized spacial score (nSPS) is 12.5. The Morgan fingerprint density at radius 3 is 2.12 bits per heavy atom. The number of hydrogen-bond acceptors (Lipinski definition) is 6. The molecule has 1 aliphatic rings. The number of nitrogens with zero attached hydrogens (tertiary/aromatic N) is 1. The summed E-state index contributed by atoms with van der Waals surface area (Å²) in [4.78, 5) is 35.6. The third-order valence-corrected chi connectivity index (χ3v) is 5.03. The third-order valence-electron chi connectivity index (χ3n) is 5.03. The second kappa shape index (κ2) is 8.85. The summed E-state index contributed by atoms with van der Waals surface area (Å²) in [6.07, 6.45) is 1.56. The first-order valence-electron chi connectivity index (χ1n) is 10.0. The first kappa shape index (κ1) is 21.0. The number of nitro benzene ring substituents is 1. The van der Waals surface area contributed by atoms with Gasteiger partial charge in [-0.25, -0.2) is 0 Å². The van der Waals surface area contributed by atoms with Gasteiger partial charge in [0.25, 0.3) is 5.69 Å². The number of benzene rings is 3. The Balaban J connectivity index is 1.56. The lowest BCUT2D eigenvalue weighted by Crippen LogP contribution is -2.02. The summed E-state index contributed by atoms with van der Waals surface area (Å²) in [5.74, 6) is 0.378. The first-order chi connectivity index (χ1) is 15.5. The molecule has 0 N–H and O–H groups in total. The lowest BCUT2D eigenvalue weighted by molar-refractivity contribution is -0.384. The van der Waals surface area contributed by atoms with E-state index in [1.165, 1.54) is 12.1 Å². The molecule has 0 fully saturated rings. The summed E-state index contributed by atoms with van der Waals surface area (Å²) in [6.45, 7) is 2.44. The minimum Gasteiger partial charge on any atom is -0.490 e. The van der Waals surface area contributed by atoms with Crippen molar-refractivity contribution in [2.75, 3.05) is 6.61 Å². The minimum absolute atomic E-state index is 0.0132. The summed E-state index contributed by atoms with van der Waals surface area (Å²) < 4.78 is 11.5. The summed E-state index contributed by atoms with van der Waals surface area (Å²) >= 11 is 0. The van der Waals surface area contributed by atoms with E-state index < -0.39 is 4.92 Å². The number of non-ortho nitro benzene ring substituents is 1. The molecule has 0 unspecified atom stereocenters. The molecule has 0 saturated heterocycles. The van der Waals surface area contributed by atoms with E-state index in [2.05, 4.69) is 0 Å². The molecule has 0 aliphatic heterocycles. The number of ether oxygens (including phenoxy) is 2. The van der Waals surface area contributed by atoms with Crippen molar-refractivity contribution in [3.63, 3.8) is 0 Å². The van der Waals surface area contributed by atoms with Gasteiger partial charge >= 0.3 is 0 Å². The van der Waals surface area contributed by atoms with Gasteiger partial charge in [-0.1, -0.05) is 30.3 Å². The van der Waals surface area contributed by atoms with Crippen molar-refractivity contribution in [3.05, 3.63) is 105 Å². The van der Waals surface area contributed by atoms with Crippen molar-refractivity contribution in [1.82, 2.24) is 0 Å². The molecule has 1 aliphatic carbocycles. The maximum atomic E-state index is 12.6. The largest absolute Gasteiger partial charge is 0.490 e. The van der Waals surface area contributed by atoms with E-state index in [4.69, 9.17) is 9.47 Å². The van der Waals surface area contributed by atoms with Crippen molar-refractivity contribution >= 4 is 23.3 Å². The summed E-state index contributed by atoms with van der Waals surface area (Å²) in [6, 6.07) is 18.0. The predicted molar refractivity (Wildman–Crippen MR) is 118 cm³/mol. The van der Waals surface area contributed by atoms with E-state index in [1.54, 1.807) is 60.7 Å². The van der Waals surface area contributed by atoms with Crippen molar-refractivity contribution in [3.8, 4) is 11.5 Å². The fourth-order valence-corrected chi connectivity index (χ4v) is 3.45. The molecular weight excluding hydrogens is 410 g/mol. The van der Waals surface area contributed by atoms with Gasteiger partial charge in [0.15, 0.2) is 23.1 Å². The Kier molecular flexibility index (Phi) is 5.81. The zero-order chi connectivity index (χ0) is 22.7. The van der Waals surface area contributed by atoms with Crippen LogP contribution in [0.4, 0.5) is 5.69 Å². The van der Waals surface area contributed by atoms with E-state index in [-0.39, 0.29) is 29.4 Å². The maximum Gasteiger partial charge on any atom is 0.269 e. The molecule has 7 heteroatoms. The number of carbonyl (C=O) groups excluding carboxylic acids is 2. The van der Waals surface area contributed by atoms with Gasteiger partial charge in [-0.05, 0) is 48.4 Å². The molecule has 0 bridgehead atoms. The molecule has 0 saturated carbocycles. The molecule has 0 amide bonds. The van der Waals surface area contributed by atoms with Crippen molar-refractivity contribution in [2.45, 2.75) is 13.5 Å². The van der Waals surface area contributed by atoms with Crippen LogP contribution in [0.2, 0.25) is 0 Å². The molecule has 3 aromatic rings. The van der Waals surface area contributed by atoms with Crippen LogP contribution in [0.1, 0.15) is 38.8 Å². The number of carbonyl (C=O) groups is 2. The van der Waals surface area contributed by atoms with Crippen LogP contribution in [0.15, 0.2) is 72.3 Å². The molecule has 0 spiro atoms. The monoisotopic (exact) mass is 429 g/mol. The molecule has 0 atom stereocenters. The van der Waals surface area contributed by atoms with Gasteiger partial charge in [0.2, 0.25) is 0 Å². The Hall–Kier alpha value is -4.26. The van der Waals surface area contributed by atoms with Gasteiger partial charge in [0.05, 0.1) is 17.1 Å². The highest BCUT2D eigenvalue weighted by Crippen LogP contribution is 2.32. The summed E-state index contributed by atoms with van der Waals surface area (Å²) in [7, 11) is 0. The van der Waals surface area contributed by atoms with Crippen LogP contribution in [0.5, 0.6) is 11.5 Å². The first-order valence-corrected chi connectivity index (χ1v) is 10.0. The molecule has 0 radical (unpaired) electrons. The molecular formula is C25H19NO6. The smallest absolute Gasteiger partial charge is 0.269 e. The van der Waals surface area contributed by atoms with Crippen LogP contribution >= 0.6 is 0 Å². The van der Waals surface area contributed by atoms with E-state index in [0.29, 0.717) is 34.8 Å². The Morgan fingerprint density at radius 2 is 1.53 bits per heavy atom. The highest BCUT2D eigenvalue weighted by molar-refractivity contribution is 6.41. The second-order valence-corrected chi connectivity index (χ2v) is 7.11. The van der Waals surface area contributed by atoms with Gasteiger partial charge < -0.3 is 9.47 Å². The molecule has 0 heterocycles. The van der Waals surface area contributed by atoms with E-state index in [1.807, 2.05) is 6.92 Å². The van der Waals surface area contributed by atoms with Crippen LogP contribution in [0.3, 0.4) is 0 Å². The molecule has 3 aromatic carbocycles. The van der Waals surface area contributed by atoms with Crippen LogP contribution in [-0.4, -0.2) is 23.1 Å². The number of rotatable bonds is 7. The fraction of sp³-hybridized carbons (Fsp3) is 0.120. The summed E-state index contributed by atoms with van der Waals surface area (Å²) in [5.41, 5.74) is 2.37. The van der Waals surface area contributed by atoms with Crippen molar-refractivity contribution in [2.24, 2.45) is 0 Å². The second-order valence-electron chi connectivity index (χ2n) is 7.11. The number of ketones is 2. The Morgan fingerprint density at radius 1 is 0.875 bits per heavy atom. The van der Waals surface area contributed by atoms with Gasteiger partial charge in [-0.2, -0.15) is 0 Å². The lowest BCUT2D eigenvalue weighted by Gasteiger charge is -2.13. The Bertz CT molecular complexity index is 1210. The molecule has 160 valence electrons. The van der Waals surface area contributed by atoms with Crippen LogP contribution in [0, 0.1) is 10.1 Å². The quantitative estimate of drug-likeness (QED) is 0.226. The number of Topliss-reactive ketones (excluding diaryl/α,β-unsaturated/α-hetero) is 2. The number of fused-ring (bicyclic) bond motifs is 1. The number of hydrogen-bond donors (Lipinski definition) is 0. The van der Waals surface area contributed by atoms with E-state index in [0.717, 1.165) is 5.56 Å².